The summed E-state index contributed by atoms with van der Waals surface area (Å²) in [5.74, 6) is 0.104. The summed E-state index contributed by atoms with van der Waals surface area (Å²) in [6, 6.07) is 1.97. The van der Waals surface area contributed by atoms with Gasteiger partial charge in [-0.15, -0.1) is 0 Å². The van der Waals surface area contributed by atoms with E-state index in [1.807, 2.05) is 17.2 Å². The fraction of sp³-hybridized carbons (Fsp3) is 0.625. The molecule has 1 aromatic rings. The number of hydrogen-bond donors (Lipinski definition) is 0. The maximum absolute atomic E-state index is 12.6. The molecule has 0 aromatic carbocycles. The van der Waals surface area contributed by atoms with E-state index in [-0.39, 0.29) is 5.91 Å². The van der Waals surface area contributed by atoms with Crippen LogP contribution in [0, 0.1) is 0 Å². The fourth-order valence-corrected chi connectivity index (χ4v) is 2.76. The van der Waals surface area contributed by atoms with E-state index < -0.39 is 0 Å². The maximum atomic E-state index is 12.6. The Morgan fingerprint density at radius 3 is 2.38 bits per heavy atom. The minimum atomic E-state index is 0.104. The molecule has 2 heterocycles. The number of carbonyl (C=O) groups excluding carboxylic acids is 1. The molecule has 0 saturated carbocycles. The Morgan fingerprint density at radius 2 is 1.81 bits per heavy atom. The molecule has 0 aliphatic carbocycles. The van der Waals surface area contributed by atoms with Crippen molar-refractivity contribution in [1.29, 1.82) is 0 Å². The highest BCUT2D eigenvalue weighted by Gasteiger charge is 2.22. The number of anilines is 1. The van der Waals surface area contributed by atoms with Crippen molar-refractivity contribution in [3.05, 3.63) is 24.0 Å². The SMILES string of the molecule is CCN1CCN(C(=O)c2cncc(N(CC)CC)c2)CC1. The minimum Gasteiger partial charge on any atom is -0.371 e. The first-order chi connectivity index (χ1) is 10.2. The lowest BCUT2D eigenvalue weighted by molar-refractivity contribution is 0.0643. The summed E-state index contributed by atoms with van der Waals surface area (Å²) in [6.45, 7) is 12.8. The summed E-state index contributed by atoms with van der Waals surface area (Å²) in [5.41, 5.74) is 1.72. The second-order valence-corrected chi connectivity index (χ2v) is 5.33. The third kappa shape index (κ3) is 3.73. The number of aromatic nitrogens is 1. The number of pyridine rings is 1. The molecule has 0 N–H and O–H groups in total. The van der Waals surface area contributed by atoms with Crippen LogP contribution in [0.3, 0.4) is 0 Å². The van der Waals surface area contributed by atoms with Crippen LogP contribution in [0.4, 0.5) is 5.69 Å². The van der Waals surface area contributed by atoms with E-state index >= 15 is 0 Å². The lowest BCUT2D eigenvalue weighted by Gasteiger charge is -2.34. The van der Waals surface area contributed by atoms with Crippen LogP contribution >= 0.6 is 0 Å². The first kappa shape index (κ1) is 15.8. The van der Waals surface area contributed by atoms with E-state index in [1.54, 1.807) is 6.20 Å². The van der Waals surface area contributed by atoms with E-state index in [4.69, 9.17) is 0 Å². The number of nitrogens with zero attached hydrogens (tertiary/aromatic N) is 4. The summed E-state index contributed by atoms with van der Waals surface area (Å²) in [4.78, 5) is 23.4. The summed E-state index contributed by atoms with van der Waals surface area (Å²) in [6.07, 6.45) is 3.51. The third-order valence-electron chi connectivity index (χ3n) is 4.21. The molecule has 1 amide bonds. The molecule has 0 radical (unpaired) electrons. The molecule has 116 valence electrons. The Morgan fingerprint density at radius 1 is 1.14 bits per heavy atom. The quantitative estimate of drug-likeness (QED) is 0.827. The van der Waals surface area contributed by atoms with Crippen LogP contribution in [0.1, 0.15) is 31.1 Å². The number of likely N-dealkylation sites (N-methyl/N-ethyl adjacent to an activating group) is 1. The molecular formula is C16H26N4O. The van der Waals surface area contributed by atoms with Crippen LogP contribution < -0.4 is 4.90 Å². The van der Waals surface area contributed by atoms with Gasteiger partial charge in [-0.05, 0) is 26.5 Å². The van der Waals surface area contributed by atoms with Gasteiger partial charge < -0.3 is 14.7 Å². The normalized spacial score (nSPS) is 16.0. The van der Waals surface area contributed by atoms with Gasteiger partial charge in [-0.1, -0.05) is 6.92 Å². The standard InChI is InChI=1S/C16H26N4O/c1-4-18-7-9-20(10-8-18)16(21)14-11-15(13-17-12-14)19(5-2)6-3/h11-13H,4-10H2,1-3H3. The van der Waals surface area contributed by atoms with Gasteiger partial charge in [0.15, 0.2) is 0 Å². The first-order valence-corrected chi connectivity index (χ1v) is 7.91. The van der Waals surface area contributed by atoms with E-state index in [0.717, 1.165) is 51.5 Å². The molecule has 5 heteroatoms. The lowest BCUT2D eigenvalue weighted by atomic mass is 10.2. The Labute approximate surface area is 127 Å². The Bertz CT molecular complexity index is 465. The molecule has 1 fully saturated rings. The van der Waals surface area contributed by atoms with Gasteiger partial charge in [0.1, 0.15) is 0 Å². The molecule has 2 rings (SSSR count). The Hall–Kier alpha value is -1.62. The summed E-state index contributed by atoms with van der Waals surface area (Å²) in [5, 5.41) is 0. The molecule has 0 atom stereocenters. The van der Waals surface area contributed by atoms with Crippen LogP contribution in [-0.2, 0) is 0 Å². The average molecular weight is 290 g/mol. The van der Waals surface area contributed by atoms with Gasteiger partial charge in [0.05, 0.1) is 17.4 Å². The van der Waals surface area contributed by atoms with Gasteiger partial charge in [-0.3, -0.25) is 9.78 Å². The van der Waals surface area contributed by atoms with Gasteiger partial charge in [0.25, 0.3) is 5.91 Å². The molecule has 21 heavy (non-hydrogen) atoms. The average Bonchev–Trinajstić information content (AvgIpc) is 2.56. The van der Waals surface area contributed by atoms with Gasteiger partial charge >= 0.3 is 0 Å². The van der Waals surface area contributed by atoms with Gasteiger partial charge in [0, 0.05) is 45.5 Å². The minimum absolute atomic E-state index is 0.104. The predicted octanol–water partition coefficient (Wildman–Crippen LogP) is 1.71. The van der Waals surface area contributed by atoms with Crippen LogP contribution in [-0.4, -0.2) is 66.5 Å². The third-order valence-corrected chi connectivity index (χ3v) is 4.21. The van der Waals surface area contributed by atoms with Crippen LogP contribution in [0.25, 0.3) is 0 Å². The van der Waals surface area contributed by atoms with Crippen molar-refractivity contribution in [2.75, 3.05) is 50.7 Å². The molecule has 0 unspecified atom stereocenters. The zero-order chi connectivity index (χ0) is 15.2. The summed E-state index contributed by atoms with van der Waals surface area (Å²) in [7, 11) is 0. The highest BCUT2D eigenvalue weighted by Crippen LogP contribution is 2.16. The topological polar surface area (TPSA) is 39.7 Å². The number of amides is 1. The van der Waals surface area contributed by atoms with Crippen molar-refractivity contribution in [3.8, 4) is 0 Å². The smallest absolute Gasteiger partial charge is 0.255 e. The largest absolute Gasteiger partial charge is 0.371 e. The maximum Gasteiger partial charge on any atom is 0.255 e. The molecule has 5 nitrogen and oxygen atoms in total. The van der Waals surface area contributed by atoms with Crippen molar-refractivity contribution in [2.45, 2.75) is 20.8 Å². The highest BCUT2D eigenvalue weighted by molar-refractivity contribution is 5.94. The van der Waals surface area contributed by atoms with Crippen molar-refractivity contribution < 1.29 is 4.79 Å². The van der Waals surface area contributed by atoms with Crippen LogP contribution in [0.2, 0.25) is 0 Å². The van der Waals surface area contributed by atoms with Gasteiger partial charge in [0.2, 0.25) is 0 Å². The Kier molecular flexibility index (Phi) is 5.56. The van der Waals surface area contributed by atoms with Crippen molar-refractivity contribution in [3.63, 3.8) is 0 Å². The molecule has 0 bridgehead atoms. The molecule has 1 aromatic heterocycles. The number of carbonyl (C=O) groups is 1. The second-order valence-electron chi connectivity index (χ2n) is 5.33. The first-order valence-electron chi connectivity index (χ1n) is 7.91. The molecule has 1 aliphatic rings. The molecule has 1 aliphatic heterocycles. The number of piperazine rings is 1. The summed E-state index contributed by atoms with van der Waals surface area (Å²) >= 11 is 0. The summed E-state index contributed by atoms with van der Waals surface area (Å²) < 4.78 is 0. The van der Waals surface area contributed by atoms with E-state index in [1.165, 1.54) is 0 Å². The zero-order valence-corrected chi connectivity index (χ0v) is 13.4. The molecule has 0 spiro atoms. The highest BCUT2D eigenvalue weighted by atomic mass is 16.2. The van der Waals surface area contributed by atoms with E-state index in [2.05, 4.69) is 35.6 Å². The molecule has 1 saturated heterocycles. The Balaban J connectivity index is 2.07. The second kappa shape index (κ2) is 7.41. The lowest BCUT2D eigenvalue weighted by Crippen LogP contribution is -2.48. The number of hydrogen-bond acceptors (Lipinski definition) is 4. The van der Waals surface area contributed by atoms with Crippen molar-refractivity contribution in [2.24, 2.45) is 0 Å². The molecular weight excluding hydrogens is 264 g/mol. The van der Waals surface area contributed by atoms with Gasteiger partial charge in [-0.25, -0.2) is 0 Å². The van der Waals surface area contributed by atoms with Crippen molar-refractivity contribution >= 4 is 11.6 Å². The number of rotatable bonds is 5. The fourth-order valence-electron chi connectivity index (χ4n) is 2.76. The zero-order valence-electron chi connectivity index (χ0n) is 13.4. The van der Waals surface area contributed by atoms with Crippen LogP contribution in [0.15, 0.2) is 18.5 Å². The van der Waals surface area contributed by atoms with E-state index in [0.29, 0.717) is 5.56 Å². The predicted molar refractivity (Wildman–Crippen MR) is 85.8 cm³/mol. The van der Waals surface area contributed by atoms with Crippen LogP contribution in [0.5, 0.6) is 0 Å². The van der Waals surface area contributed by atoms with Gasteiger partial charge in [-0.2, -0.15) is 0 Å². The monoisotopic (exact) mass is 290 g/mol. The van der Waals surface area contributed by atoms with E-state index in [9.17, 15) is 4.79 Å². The van der Waals surface area contributed by atoms with Crippen molar-refractivity contribution in [1.82, 2.24) is 14.8 Å².